The monoisotopic (exact) mass is 248 g/mol. The summed E-state index contributed by atoms with van der Waals surface area (Å²) in [5.74, 6) is -3.04. The second-order valence-corrected chi connectivity index (χ2v) is 3.10. The molecule has 0 amide bonds. The van der Waals surface area contributed by atoms with Crippen LogP contribution >= 0.6 is 0 Å². The van der Waals surface area contributed by atoms with Crippen LogP contribution in [0.15, 0.2) is 24.3 Å². The number of carboxylic acids is 1. The zero-order valence-corrected chi connectivity index (χ0v) is 8.32. The van der Waals surface area contributed by atoms with E-state index in [0.29, 0.717) is 5.56 Å². The van der Waals surface area contributed by atoms with Crippen LogP contribution in [0.4, 0.5) is 13.2 Å². The SMILES string of the molecule is O=C(O)C(=O)Cc1ccc(OC(F)(F)F)cc1. The maximum Gasteiger partial charge on any atom is 0.573 e. The van der Waals surface area contributed by atoms with E-state index in [9.17, 15) is 22.8 Å². The Morgan fingerprint density at radius 3 is 2.12 bits per heavy atom. The molecule has 0 radical (unpaired) electrons. The zero-order valence-electron chi connectivity index (χ0n) is 8.32. The highest BCUT2D eigenvalue weighted by Gasteiger charge is 2.30. The molecular weight excluding hydrogens is 241 g/mol. The Morgan fingerprint density at radius 2 is 1.71 bits per heavy atom. The van der Waals surface area contributed by atoms with E-state index < -0.39 is 23.9 Å². The smallest absolute Gasteiger partial charge is 0.475 e. The maximum absolute atomic E-state index is 11.8. The van der Waals surface area contributed by atoms with Crippen LogP contribution in [0.25, 0.3) is 0 Å². The van der Waals surface area contributed by atoms with Crippen LogP contribution in [0, 0.1) is 0 Å². The fourth-order valence-corrected chi connectivity index (χ4v) is 1.07. The molecule has 0 aliphatic rings. The summed E-state index contributed by atoms with van der Waals surface area (Å²) >= 11 is 0. The van der Waals surface area contributed by atoms with Crippen molar-refractivity contribution in [3.05, 3.63) is 29.8 Å². The minimum atomic E-state index is -4.78. The van der Waals surface area contributed by atoms with E-state index in [1.54, 1.807) is 0 Å². The summed E-state index contributed by atoms with van der Waals surface area (Å²) in [5, 5.41) is 8.33. The molecule has 4 nitrogen and oxygen atoms in total. The summed E-state index contributed by atoms with van der Waals surface area (Å²) in [6.45, 7) is 0. The molecule has 92 valence electrons. The molecule has 0 unspecified atom stereocenters. The highest BCUT2D eigenvalue weighted by Crippen LogP contribution is 2.22. The van der Waals surface area contributed by atoms with Crippen molar-refractivity contribution in [2.45, 2.75) is 12.8 Å². The molecule has 1 aromatic rings. The number of carbonyl (C=O) groups excluding carboxylic acids is 1. The van der Waals surface area contributed by atoms with Gasteiger partial charge in [-0.05, 0) is 17.7 Å². The number of hydrogen-bond donors (Lipinski definition) is 1. The van der Waals surface area contributed by atoms with Crippen LogP contribution in [0.3, 0.4) is 0 Å². The lowest BCUT2D eigenvalue weighted by Gasteiger charge is -2.08. The van der Waals surface area contributed by atoms with Gasteiger partial charge in [-0.3, -0.25) is 4.79 Å². The van der Waals surface area contributed by atoms with Gasteiger partial charge >= 0.3 is 12.3 Å². The fraction of sp³-hybridized carbons (Fsp3) is 0.200. The second-order valence-electron chi connectivity index (χ2n) is 3.10. The minimum Gasteiger partial charge on any atom is -0.475 e. The number of ether oxygens (including phenoxy) is 1. The van der Waals surface area contributed by atoms with Crippen LogP contribution in [-0.4, -0.2) is 23.2 Å². The highest BCUT2D eigenvalue weighted by atomic mass is 19.4. The first-order valence-corrected chi connectivity index (χ1v) is 4.39. The van der Waals surface area contributed by atoms with Crippen molar-refractivity contribution >= 4 is 11.8 Å². The number of aliphatic carboxylic acids is 1. The van der Waals surface area contributed by atoms with Crippen molar-refractivity contribution in [3.8, 4) is 5.75 Å². The molecule has 1 rings (SSSR count). The van der Waals surface area contributed by atoms with Crippen LogP contribution < -0.4 is 4.74 Å². The molecule has 0 fully saturated rings. The lowest BCUT2D eigenvalue weighted by molar-refractivity contribution is -0.274. The van der Waals surface area contributed by atoms with E-state index in [-0.39, 0.29) is 6.42 Å². The van der Waals surface area contributed by atoms with Crippen LogP contribution in [-0.2, 0) is 16.0 Å². The molecule has 0 saturated carbocycles. The van der Waals surface area contributed by atoms with Crippen molar-refractivity contribution in [1.82, 2.24) is 0 Å². The number of rotatable bonds is 4. The number of ketones is 1. The Balaban J connectivity index is 2.68. The average molecular weight is 248 g/mol. The lowest BCUT2D eigenvalue weighted by Crippen LogP contribution is -2.17. The molecule has 0 bridgehead atoms. The number of benzene rings is 1. The molecule has 0 aromatic heterocycles. The van der Waals surface area contributed by atoms with E-state index in [4.69, 9.17) is 5.11 Å². The topological polar surface area (TPSA) is 63.6 Å². The molecule has 0 heterocycles. The van der Waals surface area contributed by atoms with Gasteiger partial charge in [0.2, 0.25) is 5.78 Å². The fourth-order valence-electron chi connectivity index (χ4n) is 1.07. The zero-order chi connectivity index (χ0) is 13.1. The standard InChI is InChI=1S/C10H7F3O4/c11-10(12,13)17-7-3-1-6(2-4-7)5-8(14)9(15)16/h1-4H,5H2,(H,15,16). The third-order valence-corrected chi connectivity index (χ3v) is 1.76. The predicted octanol–water partition coefficient (Wildman–Crippen LogP) is 1.78. The number of hydrogen-bond acceptors (Lipinski definition) is 3. The van der Waals surface area contributed by atoms with Gasteiger partial charge in [0, 0.05) is 6.42 Å². The Bertz CT molecular complexity index is 422. The first-order chi connectivity index (χ1) is 7.78. The van der Waals surface area contributed by atoms with Crippen molar-refractivity contribution in [3.63, 3.8) is 0 Å². The Labute approximate surface area is 93.6 Å². The molecule has 0 aliphatic carbocycles. The summed E-state index contributed by atoms with van der Waals surface area (Å²) in [7, 11) is 0. The quantitative estimate of drug-likeness (QED) is 0.825. The Hall–Kier alpha value is -2.05. The van der Waals surface area contributed by atoms with Gasteiger partial charge in [0.15, 0.2) is 0 Å². The van der Waals surface area contributed by atoms with Crippen molar-refractivity contribution < 1.29 is 32.6 Å². The van der Waals surface area contributed by atoms with E-state index >= 15 is 0 Å². The number of Topliss-reactive ketones (excluding diaryl/α,β-unsaturated/α-hetero) is 1. The number of carbonyl (C=O) groups is 2. The molecule has 0 saturated heterocycles. The summed E-state index contributed by atoms with van der Waals surface area (Å²) in [4.78, 5) is 21.1. The summed E-state index contributed by atoms with van der Waals surface area (Å²) in [5.41, 5.74) is 0.298. The van der Waals surface area contributed by atoms with Gasteiger partial charge in [-0.1, -0.05) is 12.1 Å². The molecule has 1 aromatic carbocycles. The van der Waals surface area contributed by atoms with Gasteiger partial charge in [0.05, 0.1) is 0 Å². The summed E-state index contributed by atoms with van der Waals surface area (Å²) < 4.78 is 39.0. The van der Waals surface area contributed by atoms with Gasteiger partial charge in [-0.25, -0.2) is 4.79 Å². The van der Waals surface area contributed by atoms with Gasteiger partial charge in [-0.2, -0.15) is 0 Å². The van der Waals surface area contributed by atoms with E-state index in [2.05, 4.69) is 4.74 Å². The molecule has 0 atom stereocenters. The van der Waals surface area contributed by atoms with Crippen molar-refractivity contribution in [2.75, 3.05) is 0 Å². The van der Waals surface area contributed by atoms with Crippen molar-refractivity contribution in [2.24, 2.45) is 0 Å². The van der Waals surface area contributed by atoms with Gasteiger partial charge in [0.1, 0.15) is 5.75 Å². The third-order valence-electron chi connectivity index (χ3n) is 1.76. The largest absolute Gasteiger partial charge is 0.573 e. The molecule has 0 aliphatic heterocycles. The molecular formula is C10H7F3O4. The Kier molecular flexibility index (Phi) is 3.72. The van der Waals surface area contributed by atoms with Crippen LogP contribution in [0.5, 0.6) is 5.75 Å². The predicted molar refractivity (Wildman–Crippen MR) is 49.5 cm³/mol. The van der Waals surface area contributed by atoms with E-state index in [1.807, 2.05) is 0 Å². The van der Waals surface area contributed by atoms with Gasteiger partial charge in [0.25, 0.3) is 0 Å². The molecule has 17 heavy (non-hydrogen) atoms. The number of halogens is 3. The molecule has 7 heteroatoms. The minimum absolute atomic E-state index is 0.298. The maximum atomic E-state index is 11.8. The van der Waals surface area contributed by atoms with Crippen molar-refractivity contribution in [1.29, 1.82) is 0 Å². The van der Waals surface area contributed by atoms with Gasteiger partial charge in [-0.15, -0.1) is 13.2 Å². The third kappa shape index (κ3) is 4.54. The summed E-state index contributed by atoms with van der Waals surface area (Å²) in [6, 6.07) is 4.42. The number of alkyl halides is 3. The second kappa shape index (κ2) is 4.86. The molecule has 1 N–H and O–H groups in total. The first kappa shape index (κ1) is 13.0. The highest BCUT2D eigenvalue weighted by molar-refractivity contribution is 6.33. The van der Waals surface area contributed by atoms with E-state index in [1.165, 1.54) is 12.1 Å². The lowest BCUT2D eigenvalue weighted by atomic mass is 10.1. The van der Waals surface area contributed by atoms with E-state index in [0.717, 1.165) is 12.1 Å². The van der Waals surface area contributed by atoms with Crippen LogP contribution in [0.2, 0.25) is 0 Å². The van der Waals surface area contributed by atoms with Crippen LogP contribution in [0.1, 0.15) is 5.56 Å². The Morgan fingerprint density at radius 1 is 1.18 bits per heavy atom. The average Bonchev–Trinajstić information content (AvgIpc) is 2.18. The summed E-state index contributed by atoms with van der Waals surface area (Å²) in [6.07, 6.45) is -5.15. The van der Waals surface area contributed by atoms with Gasteiger partial charge < -0.3 is 9.84 Å². The number of carboxylic acid groups (broad SMARTS) is 1. The normalized spacial score (nSPS) is 11.0. The molecule has 0 spiro atoms. The first-order valence-electron chi connectivity index (χ1n) is 4.39.